The number of aromatic nitrogens is 6. The van der Waals surface area contributed by atoms with Gasteiger partial charge in [0, 0.05) is 125 Å². The molecule has 3 aromatic carbocycles. The van der Waals surface area contributed by atoms with E-state index in [9.17, 15) is 52.8 Å². The third kappa shape index (κ3) is 17.7. The molecule has 96 heavy (non-hydrogen) atoms. The van der Waals surface area contributed by atoms with E-state index in [1.807, 2.05) is 92.3 Å². The average Bonchev–Trinajstić information content (AvgIpc) is 1.27. The Kier molecular flexibility index (Phi) is 24.9. The fraction of sp³-hybridized carbons (Fsp3) is 0.300. The molecular weight excluding hydrogens is 1430 g/mol. The topological polar surface area (TPSA) is 289 Å². The molecule has 6 aromatic heterocycles. The molecule has 3 aliphatic rings. The number of rotatable bonds is 12. The van der Waals surface area contributed by atoms with E-state index in [-0.39, 0.29) is 73.7 Å². The minimum atomic E-state index is -3.89. The van der Waals surface area contributed by atoms with Crippen LogP contribution in [0, 0.1) is 17.5 Å². The molecule has 24 nitrogen and oxygen atoms in total. The summed E-state index contributed by atoms with van der Waals surface area (Å²) in [5.41, 5.74) is 5.82. The maximum Gasteiger partial charge on any atom is 0.280 e. The molecule has 6 atom stereocenters. The number of hydrogen-bond acceptors (Lipinski definition) is 15. The predicted octanol–water partition coefficient (Wildman–Crippen LogP) is 11.4. The van der Waals surface area contributed by atoms with Crippen LogP contribution in [0.1, 0.15) is 74.3 Å². The summed E-state index contributed by atoms with van der Waals surface area (Å²) in [5.74, 6) is -3.40. The van der Waals surface area contributed by atoms with Gasteiger partial charge < -0.3 is 16.0 Å². The minimum absolute atomic E-state index is 0. The maximum atomic E-state index is 13.4. The summed E-state index contributed by atoms with van der Waals surface area (Å²) < 4.78 is 132. The van der Waals surface area contributed by atoms with Crippen molar-refractivity contribution in [2.24, 2.45) is 21.1 Å². The highest BCUT2D eigenvalue weighted by molar-refractivity contribution is 7.87. The lowest BCUT2D eigenvalue weighted by Gasteiger charge is -2.35. The molecule has 3 saturated heterocycles. The Morgan fingerprint density at radius 3 is 0.906 bits per heavy atom. The second-order valence-electron chi connectivity index (χ2n) is 21.5. The zero-order valence-corrected chi connectivity index (χ0v) is 56.8. The van der Waals surface area contributed by atoms with Gasteiger partial charge in [-0.25, -0.2) is 13.2 Å². The molecule has 2 unspecified atom stereocenters. The van der Waals surface area contributed by atoms with E-state index in [2.05, 4.69) is 45.4 Å². The summed E-state index contributed by atoms with van der Waals surface area (Å²) >= 11 is 21.5. The van der Waals surface area contributed by atoms with Gasteiger partial charge in [-0.1, -0.05) is 57.1 Å². The molecule has 0 spiro atoms. The first kappa shape index (κ1) is 76.4. The second kappa shape index (κ2) is 31.3. The Bertz CT molecular complexity index is 4190. The van der Waals surface area contributed by atoms with Crippen LogP contribution >= 0.6 is 68.8 Å². The van der Waals surface area contributed by atoms with E-state index < -0.39 is 102 Å². The molecule has 3 amide bonds. The van der Waals surface area contributed by atoms with E-state index in [4.69, 9.17) is 34.8 Å². The Morgan fingerprint density at radius 1 is 0.438 bits per heavy atom. The second-order valence-corrected chi connectivity index (χ2v) is 30.9. The monoisotopic (exact) mass is 1500 g/mol. The quantitative estimate of drug-likeness (QED) is 0.0666. The molecular formula is C60H69Cl3F3N15O9S6. The van der Waals surface area contributed by atoms with Crippen LogP contribution in [0.15, 0.2) is 126 Å². The Balaban J connectivity index is 0.000000200. The predicted molar refractivity (Wildman–Crippen MR) is 373 cm³/mol. The summed E-state index contributed by atoms with van der Waals surface area (Å²) in [7, 11) is -2.18. The van der Waals surface area contributed by atoms with Crippen LogP contribution < -0.4 is 30.1 Å². The zero-order valence-electron chi connectivity index (χ0n) is 49.6. The normalized spacial score (nSPS) is 20.5. The lowest BCUT2D eigenvalue weighted by Crippen LogP contribution is -2.55. The first-order valence-corrected chi connectivity index (χ1v) is 35.8. The van der Waals surface area contributed by atoms with Gasteiger partial charge in [0.25, 0.3) is 30.6 Å². The SMILES string of the molecule is C.C.C.CN1C(C(=O)Nc2ccc(F)c(Cl)c2)CC(c2cc(-c3ccn(C)n3)cs2)NS1(=O)=O.CN1[C@@H](C(=O)Nc2ccc(F)c(Cl)c2)C[C@@H](c2cc(-c3ccn(C)n3)cs2)NS1(=O)=O.CN1[C@H](C(=O)Nc2ccc(F)c(Cl)c2)C[C@H](c2cc(-c3ccn(C)n3)cs2)NS1(=O)=O. The van der Waals surface area contributed by atoms with Gasteiger partial charge in [-0.2, -0.15) is 67.6 Å². The Labute approximate surface area is 581 Å². The third-order valence-corrected chi connectivity index (χ3v) is 23.9. The fourth-order valence-corrected chi connectivity index (χ4v) is 17.5. The molecule has 0 aliphatic carbocycles. The number of thiophene rings is 3. The molecule has 3 aliphatic heterocycles. The fourth-order valence-electron chi connectivity index (χ4n) is 10.0. The molecule has 0 saturated carbocycles. The summed E-state index contributed by atoms with van der Waals surface area (Å²) in [6.07, 6.45) is 6.14. The number of hydrogen-bond donors (Lipinski definition) is 6. The van der Waals surface area contributed by atoms with Crippen LogP contribution in [0.3, 0.4) is 0 Å². The van der Waals surface area contributed by atoms with Crippen LogP contribution in [-0.4, -0.2) is 125 Å². The molecule has 0 radical (unpaired) electrons. The van der Waals surface area contributed by atoms with Crippen molar-refractivity contribution in [3.05, 3.63) is 173 Å². The van der Waals surface area contributed by atoms with Crippen molar-refractivity contribution in [2.75, 3.05) is 37.1 Å². The molecule has 0 bridgehead atoms. The molecule has 516 valence electrons. The smallest absolute Gasteiger partial charge is 0.280 e. The van der Waals surface area contributed by atoms with Gasteiger partial charge in [0.15, 0.2) is 0 Å². The molecule has 9 aromatic rings. The van der Waals surface area contributed by atoms with Crippen molar-refractivity contribution < 1.29 is 52.8 Å². The average molecular weight is 1500 g/mol. The van der Waals surface area contributed by atoms with E-state index in [1.54, 1.807) is 14.0 Å². The van der Waals surface area contributed by atoms with Gasteiger partial charge in [0.05, 0.1) is 50.3 Å². The van der Waals surface area contributed by atoms with Gasteiger partial charge >= 0.3 is 0 Å². The van der Waals surface area contributed by atoms with Crippen molar-refractivity contribution in [3.63, 3.8) is 0 Å². The number of nitrogens with zero attached hydrogens (tertiary/aromatic N) is 9. The van der Waals surface area contributed by atoms with E-state index in [0.29, 0.717) is 0 Å². The van der Waals surface area contributed by atoms with Gasteiger partial charge in [-0.15, -0.1) is 34.0 Å². The van der Waals surface area contributed by atoms with Crippen LogP contribution in [0.5, 0.6) is 0 Å². The summed E-state index contributed by atoms with van der Waals surface area (Å²) in [5, 5.41) is 26.2. The number of anilines is 3. The van der Waals surface area contributed by atoms with E-state index in [1.165, 1.54) is 91.6 Å². The molecule has 9 heterocycles. The largest absolute Gasteiger partial charge is 0.325 e. The lowest BCUT2D eigenvalue weighted by molar-refractivity contribution is -0.120. The number of likely N-dealkylation sites (N-methyl/N-ethyl adjacent to an activating group) is 3. The van der Waals surface area contributed by atoms with Crippen LogP contribution in [-0.2, 0) is 66.2 Å². The molecule has 3 fully saturated rings. The zero-order chi connectivity index (χ0) is 67.0. The van der Waals surface area contributed by atoms with Crippen molar-refractivity contribution in [3.8, 4) is 33.8 Å². The van der Waals surface area contributed by atoms with Crippen molar-refractivity contribution in [2.45, 2.75) is 77.8 Å². The number of halogens is 6. The highest BCUT2D eigenvalue weighted by atomic mass is 35.5. The Hall–Kier alpha value is -6.93. The molecule has 36 heteroatoms. The number of benzene rings is 3. The number of amides is 3. The molecule has 12 rings (SSSR count). The standard InChI is InChI=1S/3C19H19ClFN5O3S2.3CH4/c3*1-25-6-5-15(23-25)11-7-18(30-10-11)16-9-17(26(2)31(28,29)24-16)19(27)22-12-3-4-14(21)13(20)8-12;;;/h3*3-8,10,16-17,24H,9H2,1-2H3,(H,22,27);3*1H4/t2*16-,17+;;;;/m10..../s1. The van der Waals surface area contributed by atoms with Crippen molar-refractivity contribution in [1.82, 2.24) is 56.4 Å². The van der Waals surface area contributed by atoms with E-state index in [0.717, 1.165) is 79.5 Å². The van der Waals surface area contributed by atoms with Crippen LogP contribution in [0.4, 0.5) is 30.2 Å². The summed E-state index contributed by atoms with van der Waals surface area (Å²) in [6, 6.07) is 18.0. The van der Waals surface area contributed by atoms with Gasteiger partial charge in [-0.05, 0) is 110 Å². The van der Waals surface area contributed by atoms with Gasteiger partial charge in [0.1, 0.15) is 35.6 Å². The highest BCUT2D eigenvalue weighted by Crippen LogP contribution is 2.39. The summed E-state index contributed by atoms with van der Waals surface area (Å²) in [4.78, 5) is 41.0. The number of carbonyl (C=O) groups is 3. The first-order valence-electron chi connectivity index (χ1n) is 27.7. The van der Waals surface area contributed by atoms with Crippen LogP contribution in [0.25, 0.3) is 33.8 Å². The van der Waals surface area contributed by atoms with E-state index >= 15 is 0 Å². The van der Waals surface area contributed by atoms with Crippen LogP contribution in [0.2, 0.25) is 15.1 Å². The number of nitrogens with one attached hydrogen (secondary N) is 6. The number of carbonyl (C=O) groups excluding carboxylic acids is 3. The minimum Gasteiger partial charge on any atom is -0.325 e. The van der Waals surface area contributed by atoms with Gasteiger partial charge in [0.2, 0.25) is 17.7 Å². The molecule has 6 N–H and O–H groups in total. The maximum absolute atomic E-state index is 13.4. The highest BCUT2D eigenvalue weighted by Gasteiger charge is 2.44. The lowest BCUT2D eigenvalue weighted by atomic mass is 10.0. The van der Waals surface area contributed by atoms with Crippen molar-refractivity contribution in [1.29, 1.82) is 0 Å². The van der Waals surface area contributed by atoms with Crippen molar-refractivity contribution >= 4 is 134 Å². The Morgan fingerprint density at radius 2 is 0.688 bits per heavy atom. The summed E-state index contributed by atoms with van der Waals surface area (Å²) in [6.45, 7) is 0. The van der Waals surface area contributed by atoms with Gasteiger partial charge in [-0.3, -0.25) is 28.4 Å². The third-order valence-electron chi connectivity index (χ3n) is 15.1. The first-order chi connectivity index (χ1) is 43.9. The number of aryl methyl sites for hydroxylation is 3.